The van der Waals surface area contributed by atoms with Gasteiger partial charge in [-0.1, -0.05) is 30.3 Å². The van der Waals surface area contributed by atoms with Gasteiger partial charge >= 0.3 is 0 Å². The molecule has 0 saturated heterocycles. The molecule has 0 saturated carbocycles. The third kappa shape index (κ3) is 3.29. The fourth-order valence-corrected chi connectivity index (χ4v) is 1.65. The van der Waals surface area contributed by atoms with Gasteiger partial charge in [-0.2, -0.15) is 0 Å². The van der Waals surface area contributed by atoms with Crippen molar-refractivity contribution in [1.82, 2.24) is 0 Å². The van der Waals surface area contributed by atoms with Crippen molar-refractivity contribution in [2.75, 3.05) is 0 Å². The van der Waals surface area contributed by atoms with Crippen LogP contribution >= 0.6 is 11.6 Å². The number of halogens is 3. The van der Waals surface area contributed by atoms with Gasteiger partial charge in [0.25, 0.3) is 5.24 Å². The first kappa shape index (κ1) is 13.5. The number of carbonyl (C=O) groups excluding carboxylic acids is 1. The lowest BCUT2D eigenvalue weighted by molar-refractivity contribution is 0.108. The van der Waals surface area contributed by atoms with Crippen LogP contribution in [0.25, 0.3) is 0 Å². The second kappa shape index (κ2) is 5.80. The van der Waals surface area contributed by atoms with Gasteiger partial charge in [-0.3, -0.25) is 4.79 Å². The van der Waals surface area contributed by atoms with E-state index >= 15 is 0 Å². The minimum absolute atomic E-state index is 0.0306. The third-order valence-electron chi connectivity index (χ3n) is 2.45. The number of hydrogen-bond donors (Lipinski definition) is 0. The van der Waals surface area contributed by atoms with Crippen LogP contribution in [0.1, 0.15) is 15.9 Å². The third-order valence-corrected chi connectivity index (χ3v) is 2.67. The molecule has 0 heterocycles. The Morgan fingerprint density at radius 2 is 1.68 bits per heavy atom. The van der Waals surface area contributed by atoms with Gasteiger partial charge in [0.2, 0.25) is 0 Å². The quantitative estimate of drug-likeness (QED) is 0.795. The molecule has 0 N–H and O–H groups in total. The molecule has 98 valence electrons. The van der Waals surface area contributed by atoms with Crippen LogP contribution in [-0.4, -0.2) is 5.24 Å². The summed E-state index contributed by atoms with van der Waals surface area (Å²) in [6.07, 6.45) is 0. The second-order valence-electron chi connectivity index (χ2n) is 3.82. The molecule has 0 aliphatic rings. The monoisotopic (exact) mass is 282 g/mol. The summed E-state index contributed by atoms with van der Waals surface area (Å²) in [6.45, 7) is 0.0306. The summed E-state index contributed by atoms with van der Waals surface area (Å²) in [7, 11) is 0. The van der Waals surface area contributed by atoms with Crippen molar-refractivity contribution in [1.29, 1.82) is 0 Å². The summed E-state index contributed by atoms with van der Waals surface area (Å²) < 4.78 is 32.3. The van der Waals surface area contributed by atoms with Crippen LogP contribution in [-0.2, 0) is 6.61 Å². The van der Waals surface area contributed by atoms with Gasteiger partial charge in [-0.05, 0) is 29.3 Å². The Bertz CT molecular complexity index is 577. The average molecular weight is 283 g/mol. The zero-order chi connectivity index (χ0) is 13.8. The number of ether oxygens (including phenoxy) is 1. The van der Waals surface area contributed by atoms with Crippen molar-refractivity contribution < 1.29 is 18.3 Å². The number of rotatable bonds is 4. The van der Waals surface area contributed by atoms with Crippen LogP contribution in [0.2, 0.25) is 0 Å². The van der Waals surface area contributed by atoms with E-state index in [9.17, 15) is 13.6 Å². The first-order valence-electron chi connectivity index (χ1n) is 5.43. The van der Waals surface area contributed by atoms with Gasteiger partial charge in [-0.15, -0.1) is 0 Å². The molecule has 5 heteroatoms. The number of hydrogen-bond acceptors (Lipinski definition) is 2. The minimum atomic E-state index is -0.958. The fraction of sp³-hybridized carbons (Fsp3) is 0.0714. The van der Waals surface area contributed by atoms with Crippen molar-refractivity contribution in [2.45, 2.75) is 6.61 Å². The highest BCUT2D eigenvalue weighted by atomic mass is 35.5. The lowest BCUT2D eigenvalue weighted by atomic mass is 10.2. The number of carbonyl (C=O) groups is 1. The largest absolute Gasteiger partial charge is 0.483 e. The van der Waals surface area contributed by atoms with Crippen LogP contribution in [0.4, 0.5) is 8.78 Å². The topological polar surface area (TPSA) is 26.3 Å². The minimum Gasteiger partial charge on any atom is -0.483 e. The molecule has 2 nitrogen and oxygen atoms in total. The molecule has 0 atom stereocenters. The Kier molecular flexibility index (Phi) is 4.12. The number of benzene rings is 2. The predicted molar refractivity (Wildman–Crippen MR) is 67.3 cm³/mol. The molecular weight excluding hydrogens is 274 g/mol. The second-order valence-corrected chi connectivity index (χ2v) is 4.16. The van der Waals surface area contributed by atoms with E-state index in [1.165, 1.54) is 0 Å². The molecule has 0 aliphatic carbocycles. The lowest BCUT2D eigenvalue weighted by Crippen LogP contribution is -2.02. The van der Waals surface area contributed by atoms with Crippen LogP contribution in [0, 0.1) is 11.6 Å². The smallest absolute Gasteiger partial charge is 0.252 e. The van der Waals surface area contributed by atoms with E-state index in [1.807, 2.05) is 6.07 Å². The molecule has 0 fully saturated rings. The van der Waals surface area contributed by atoms with Gasteiger partial charge in [-0.25, -0.2) is 8.78 Å². The van der Waals surface area contributed by atoms with E-state index in [-0.39, 0.29) is 12.2 Å². The van der Waals surface area contributed by atoms with Crippen molar-refractivity contribution in [3.8, 4) is 5.75 Å². The molecule has 0 unspecified atom stereocenters. The SMILES string of the molecule is O=C(Cl)c1cc(F)c(OCc2ccccc2)c(F)c1. The first-order valence-corrected chi connectivity index (χ1v) is 5.81. The fourth-order valence-electron chi connectivity index (χ4n) is 1.54. The molecule has 2 aromatic carbocycles. The van der Waals surface area contributed by atoms with Crippen molar-refractivity contribution in [3.05, 3.63) is 65.2 Å². The van der Waals surface area contributed by atoms with Gasteiger partial charge in [0, 0.05) is 5.56 Å². The van der Waals surface area contributed by atoms with Gasteiger partial charge in [0.1, 0.15) is 6.61 Å². The Labute approximate surface area is 113 Å². The lowest BCUT2D eigenvalue weighted by Gasteiger charge is -2.09. The van der Waals surface area contributed by atoms with Crippen LogP contribution < -0.4 is 4.74 Å². The Balaban J connectivity index is 2.19. The van der Waals surface area contributed by atoms with Crippen LogP contribution in [0.3, 0.4) is 0 Å². The highest BCUT2D eigenvalue weighted by molar-refractivity contribution is 6.67. The van der Waals surface area contributed by atoms with Crippen molar-refractivity contribution in [3.63, 3.8) is 0 Å². The Morgan fingerprint density at radius 3 is 2.21 bits per heavy atom. The summed E-state index contributed by atoms with van der Waals surface area (Å²) in [6, 6.07) is 10.6. The maximum atomic E-state index is 13.6. The summed E-state index contributed by atoms with van der Waals surface area (Å²) >= 11 is 5.16. The van der Waals surface area contributed by atoms with E-state index in [0.29, 0.717) is 0 Å². The maximum Gasteiger partial charge on any atom is 0.252 e. The summed E-state index contributed by atoms with van der Waals surface area (Å²) in [4.78, 5) is 10.8. The molecule has 0 spiro atoms. The highest BCUT2D eigenvalue weighted by Gasteiger charge is 2.15. The summed E-state index contributed by atoms with van der Waals surface area (Å²) in [5.74, 6) is -2.44. The highest BCUT2D eigenvalue weighted by Crippen LogP contribution is 2.25. The molecule has 0 amide bonds. The zero-order valence-electron chi connectivity index (χ0n) is 9.70. The van der Waals surface area contributed by atoms with E-state index in [0.717, 1.165) is 17.7 Å². The van der Waals surface area contributed by atoms with Gasteiger partial charge < -0.3 is 4.74 Å². The van der Waals surface area contributed by atoms with E-state index in [2.05, 4.69) is 0 Å². The predicted octanol–water partition coefficient (Wildman–Crippen LogP) is 3.92. The van der Waals surface area contributed by atoms with E-state index < -0.39 is 22.6 Å². The van der Waals surface area contributed by atoms with Gasteiger partial charge in [0.05, 0.1) is 0 Å². The average Bonchev–Trinajstić information content (AvgIpc) is 2.38. The van der Waals surface area contributed by atoms with E-state index in [1.54, 1.807) is 24.3 Å². The molecular formula is C14H9ClF2O2. The van der Waals surface area contributed by atoms with Crippen LogP contribution in [0.15, 0.2) is 42.5 Å². The maximum absolute atomic E-state index is 13.6. The molecule has 0 aliphatic heterocycles. The first-order chi connectivity index (χ1) is 9.08. The standard InChI is InChI=1S/C14H9ClF2O2/c15-14(18)10-6-11(16)13(12(17)7-10)19-8-9-4-2-1-3-5-9/h1-7H,8H2. The molecule has 0 bridgehead atoms. The van der Waals surface area contributed by atoms with E-state index in [4.69, 9.17) is 16.3 Å². The van der Waals surface area contributed by atoms with Crippen molar-refractivity contribution in [2.24, 2.45) is 0 Å². The Morgan fingerprint density at radius 1 is 1.11 bits per heavy atom. The normalized spacial score (nSPS) is 10.3. The van der Waals surface area contributed by atoms with Crippen molar-refractivity contribution >= 4 is 16.8 Å². The molecule has 0 radical (unpaired) electrons. The van der Waals surface area contributed by atoms with Crippen LogP contribution in [0.5, 0.6) is 5.75 Å². The summed E-state index contributed by atoms with van der Waals surface area (Å²) in [5, 5.41) is -0.924. The molecule has 0 aromatic heterocycles. The summed E-state index contributed by atoms with van der Waals surface area (Å²) in [5.41, 5.74) is 0.530. The molecule has 2 rings (SSSR count). The van der Waals surface area contributed by atoms with Gasteiger partial charge in [0.15, 0.2) is 17.4 Å². The Hall–Kier alpha value is -1.94. The zero-order valence-corrected chi connectivity index (χ0v) is 10.5. The molecule has 19 heavy (non-hydrogen) atoms. The molecule has 2 aromatic rings.